The van der Waals surface area contributed by atoms with Crippen molar-refractivity contribution in [2.24, 2.45) is 0 Å². The summed E-state index contributed by atoms with van der Waals surface area (Å²) < 4.78 is 21.0. The molecule has 3 atom stereocenters. The van der Waals surface area contributed by atoms with E-state index in [-0.39, 0.29) is 36.3 Å². The van der Waals surface area contributed by atoms with E-state index in [1.54, 1.807) is 13.0 Å². The number of cyclic esters (lactones) is 1. The number of aromatic nitrogens is 2. The highest BCUT2D eigenvalue weighted by Gasteiger charge is 2.46. The first kappa shape index (κ1) is 21.4. The van der Waals surface area contributed by atoms with Gasteiger partial charge in [0.1, 0.15) is 18.7 Å². The third kappa shape index (κ3) is 2.70. The Kier molecular flexibility index (Phi) is 4.50. The number of benzene rings is 1. The van der Waals surface area contributed by atoms with Gasteiger partial charge in [-0.05, 0) is 36.1 Å². The van der Waals surface area contributed by atoms with Gasteiger partial charge in [0.15, 0.2) is 5.60 Å². The summed E-state index contributed by atoms with van der Waals surface area (Å²) in [6.07, 6.45) is -0.757. The number of halogens is 1. The Balaban J connectivity index is 1.62. The van der Waals surface area contributed by atoms with Crippen LogP contribution >= 0.6 is 0 Å². The molecule has 0 saturated carbocycles. The van der Waals surface area contributed by atoms with Gasteiger partial charge in [0.05, 0.1) is 35.6 Å². The molecule has 2 unspecified atom stereocenters. The van der Waals surface area contributed by atoms with E-state index in [9.17, 15) is 29.3 Å². The lowest BCUT2D eigenvalue weighted by atomic mass is 9.86. The van der Waals surface area contributed by atoms with Gasteiger partial charge in [-0.1, -0.05) is 6.92 Å². The smallest absolute Gasteiger partial charge is 0.343 e. The van der Waals surface area contributed by atoms with Gasteiger partial charge < -0.3 is 24.6 Å². The lowest BCUT2D eigenvalue weighted by molar-refractivity contribution is -0.172. The zero-order valence-corrected chi connectivity index (χ0v) is 18.3. The number of nitrogens with one attached hydrogen (secondary N) is 1. The molecule has 1 aromatic carbocycles. The number of pyridine rings is 2. The van der Waals surface area contributed by atoms with Crippen LogP contribution in [-0.4, -0.2) is 43.7 Å². The number of carbonyl (C=O) groups is 1. The molecule has 4 N–H and O–H groups in total. The number of nitrogens with zero attached hydrogens (tertiary/aromatic N) is 2. The molecule has 2 aromatic heterocycles. The molecule has 9 nitrogen and oxygen atoms in total. The standard InChI is InChI=1S/C24H22FN3O6/c1-2-24(33)14-6-17-21-12(7-28(17)22(31)13(14)9-34-23(24)32)20-15(26-18(30)8-29)4-10-3-11(25)5-16(27-21)19(10)20/h3,5-6,15,18,26,29-30,33H,2,4,7-9H2,1H3/t15?,18?,24-/m0/s1. The Labute approximate surface area is 192 Å². The van der Waals surface area contributed by atoms with Crippen LogP contribution in [0.1, 0.15) is 47.2 Å². The molecule has 0 spiro atoms. The van der Waals surface area contributed by atoms with Crippen LogP contribution in [0.25, 0.3) is 22.3 Å². The maximum atomic E-state index is 14.4. The molecule has 0 radical (unpaired) electrons. The number of aliphatic hydroxyl groups is 3. The maximum Gasteiger partial charge on any atom is 0.343 e. The average molecular weight is 467 g/mol. The van der Waals surface area contributed by atoms with Crippen molar-refractivity contribution in [3.63, 3.8) is 0 Å². The van der Waals surface area contributed by atoms with Gasteiger partial charge in [-0.25, -0.2) is 14.2 Å². The number of rotatable bonds is 4. The van der Waals surface area contributed by atoms with Crippen LogP contribution in [0.5, 0.6) is 0 Å². The van der Waals surface area contributed by atoms with Gasteiger partial charge in [-0.15, -0.1) is 0 Å². The van der Waals surface area contributed by atoms with E-state index in [1.807, 2.05) is 0 Å². The fraction of sp³-hybridized carbons (Fsp3) is 0.375. The Morgan fingerprint density at radius 2 is 2.12 bits per heavy atom. The molecule has 176 valence electrons. The fourth-order valence-corrected chi connectivity index (χ4v) is 5.59. The van der Waals surface area contributed by atoms with Crippen molar-refractivity contribution in [3.8, 4) is 11.4 Å². The molecule has 34 heavy (non-hydrogen) atoms. The zero-order valence-electron chi connectivity index (χ0n) is 18.3. The SMILES string of the molecule is CC[C@@]1(O)C(=O)OCc2c1cc1n(c2=O)Cc2c-1nc1cc(F)cc3c1c2C(NC(O)CO)C3. The summed E-state index contributed by atoms with van der Waals surface area (Å²) in [5.74, 6) is -1.25. The molecule has 4 heterocycles. The summed E-state index contributed by atoms with van der Waals surface area (Å²) >= 11 is 0. The van der Waals surface area contributed by atoms with E-state index in [1.165, 1.54) is 16.7 Å². The number of ether oxygens (including phenoxy) is 1. The van der Waals surface area contributed by atoms with E-state index in [2.05, 4.69) is 5.32 Å². The second-order valence-corrected chi connectivity index (χ2v) is 9.04. The van der Waals surface area contributed by atoms with Crippen molar-refractivity contribution in [3.05, 3.63) is 62.2 Å². The summed E-state index contributed by atoms with van der Waals surface area (Å²) in [4.78, 5) is 30.5. The second kappa shape index (κ2) is 7.16. The van der Waals surface area contributed by atoms with Crippen LogP contribution < -0.4 is 10.9 Å². The largest absolute Gasteiger partial charge is 0.458 e. The number of esters is 1. The predicted octanol–water partition coefficient (Wildman–Crippen LogP) is 0.716. The van der Waals surface area contributed by atoms with Crippen molar-refractivity contribution < 1.29 is 29.2 Å². The fourth-order valence-electron chi connectivity index (χ4n) is 5.59. The lowest BCUT2D eigenvalue weighted by Crippen LogP contribution is -2.44. The van der Waals surface area contributed by atoms with Gasteiger partial charge in [-0.2, -0.15) is 0 Å². The summed E-state index contributed by atoms with van der Waals surface area (Å²) in [5.41, 5.74) is 1.67. The Morgan fingerprint density at radius 3 is 2.85 bits per heavy atom. The third-order valence-corrected chi connectivity index (χ3v) is 7.22. The minimum atomic E-state index is -1.94. The van der Waals surface area contributed by atoms with Crippen molar-refractivity contribution in [2.45, 2.75) is 50.8 Å². The summed E-state index contributed by atoms with van der Waals surface area (Å²) in [5, 5.41) is 34.2. The van der Waals surface area contributed by atoms with Crippen LogP contribution in [0.15, 0.2) is 23.0 Å². The van der Waals surface area contributed by atoms with Crippen LogP contribution in [0.2, 0.25) is 0 Å². The first-order valence-electron chi connectivity index (χ1n) is 11.1. The minimum absolute atomic E-state index is 0.0323. The second-order valence-electron chi connectivity index (χ2n) is 9.04. The van der Waals surface area contributed by atoms with Gasteiger partial charge in [0.25, 0.3) is 5.56 Å². The Bertz CT molecular complexity index is 1470. The van der Waals surface area contributed by atoms with Crippen molar-refractivity contribution >= 4 is 16.9 Å². The quantitative estimate of drug-likeness (QED) is 0.255. The first-order valence-corrected chi connectivity index (χ1v) is 11.1. The van der Waals surface area contributed by atoms with Crippen molar-refractivity contribution in [1.29, 1.82) is 0 Å². The summed E-state index contributed by atoms with van der Waals surface area (Å²) in [6.45, 7) is 1.11. The monoisotopic (exact) mass is 467 g/mol. The predicted molar refractivity (Wildman–Crippen MR) is 117 cm³/mol. The highest BCUT2D eigenvalue weighted by atomic mass is 19.1. The van der Waals surface area contributed by atoms with Gasteiger partial charge in [0.2, 0.25) is 0 Å². The number of hydrogen-bond donors (Lipinski definition) is 4. The number of hydrogen-bond acceptors (Lipinski definition) is 8. The third-order valence-electron chi connectivity index (χ3n) is 7.22. The highest BCUT2D eigenvalue weighted by Crippen LogP contribution is 2.46. The molecule has 0 amide bonds. The van der Waals surface area contributed by atoms with Crippen molar-refractivity contribution in [2.75, 3.05) is 6.61 Å². The molecule has 0 bridgehead atoms. The molecule has 1 aliphatic carbocycles. The van der Waals surface area contributed by atoms with E-state index in [0.717, 1.165) is 22.1 Å². The van der Waals surface area contributed by atoms with Crippen LogP contribution in [0.4, 0.5) is 4.39 Å². The topological polar surface area (TPSA) is 134 Å². The highest BCUT2D eigenvalue weighted by molar-refractivity contribution is 5.93. The number of aliphatic hydroxyl groups excluding tert-OH is 2. The molecule has 0 fully saturated rings. The minimum Gasteiger partial charge on any atom is -0.458 e. The van der Waals surface area contributed by atoms with E-state index in [4.69, 9.17) is 9.72 Å². The first-order chi connectivity index (χ1) is 16.3. The van der Waals surface area contributed by atoms with E-state index < -0.39 is 36.3 Å². The molecular formula is C24H22FN3O6. The maximum absolute atomic E-state index is 14.4. The zero-order chi connectivity index (χ0) is 23.9. The molecule has 3 aliphatic rings. The average Bonchev–Trinajstić information content (AvgIpc) is 3.35. The molecule has 3 aromatic rings. The summed E-state index contributed by atoms with van der Waals surface area (Å²) in [6, 6.07) is 3.95. The molecule has 0 saturated heterocycles. The molecule has 6 rings (SSSR count). The van der Waals surface area contributed by atoms with Gasteiger partial charge >= 0.3 is 5.97 Å². The number of carbonyl (C=O) groups excluding carboxylic acids is 1. The van der Waals surface area contributed by atoms with E-state index >= 15 is 0 Å². The number of fused-ring (bicyclic) bond motifs is 5. The summed E-state index contributed by atoms with van der Waals surface area (Å²) in [7, 11) is 0. The van der Waals surface area contributed by atoms with E-state index in [0.29, 0.717) is 23.3 Å². The lowest BCUT2D eigenvalue weighted by Gasteiger charge is -2.31. The molecule has 2 aliphatic heterocycles. The van der Waals surface area contributed by atoms with Crippen LogP contribution in [0, 0.1) is 5.82 Å². The Morgan fingerprint density at radius 1 is 1.32 bits per heavy atom. The van der Waals surface area contributed by atoms with Gasteiger partial charge in [0, 0.05) is 28.6 Å². The van der Waals surface area contributed by atoms with Gasteiger partial charge in [-0.3, -0.25) is 10.1 Å². The molecule has 10 heteroatoms. The normalized spacial score (nSPS) is 23.0. The van der Waals surface area contributed by atoms with Crippen LogP contribution in [-0.2, 0) is 34.7 Å². The van der Waals surface area contributed by atoms with Crippen LogP contribution in [0.3, 0.4) is 0 Å². The van der Waals surface area contributed by atoms with Crippen molar-refractivity contribution in [1.82, 2.24) is 14.9 Å². The Hall–Kier alpha value is -3.18. The molecular weight excluding hydrogens is 445 g/mol.